The first-order chi connectivity index (χ1) is 17.4. The second-order valence-electron chi connectivity index (χ2n) is 9.86. The molecule has 0 saturated heterocycles. The van der Waals surface area contributed by atoms with Crippen LogP contribution in [-0.4, -0.2) is 0 Å². The van der Waals surface area contributed by atoms with Gasteiger partial charge in [0.2, 0.25) is 0 Å². The topological polar surface area (TPSA) is 0 Å². The Bertz CT molecular complexity index is 1220. The summed E-state index contributed by atoms with van der Waals surface area (Å²) in [6, 6.07) is 14.3. The molecule has 0 N–H and O–H groups in total. The van der Waals surface area contributed by atoms with Crippen LogP contribution in [0.4, 0.5) is 17.6 Å². The second-order valence-corrected chi connectivity index (χ2v) is 9.86. The van der Waals surface area contributed by atoms with E-state index in [-0.39, 0.29) is 5.56 Å². The molecule has 36 heavy (non-hydrogen) atoms. The van der Waals surface area contributed by atoms with Crippen LogP contribution in [0.2, 0.25) is 0 Å². The van der Waals surface area contributed by atoms with Gasteiger partial charge >= 0.3 is 0 Å². The van der Waals surface area contributed by atoms with Gasteiger partial charge in [-0.15, -0.1) is 0 Å². The zero-order valence-corrected chi connectivity index (χ0v) is 21.1. The van der Waals surface area contributed by atoms with Crippen molar-refractivity contribution in [1.82, 2.24) is 0 Å². The maximum absolute atomic E-state index is 14.9. The molecular weight excluding hydrogens is 460 g/mol. The fourth-order valence-electron chi connectivity index (χ4n) is 5.08. The minimum atomic E-state index is -0.803. The lowest BCUT2D eigenvalue weighted by atomic mass is 9.83. The van der Waals surface area contributed by atoms with Crippen molar-refractivity contribution in [3.8, 4) is 11.1 Å². The molecule has 0 aliphatic heterocycles. The van der Waals surface area contributed by atoms with Gasteiger partial charge in [-0.25, -0.2) is 17.6 Å². The van der Waals surface area contributed by atoms with E-state index >= 15 is 0 Å². The molecule has 1 aliphatic rings. The summed E-state index contributed by atoms with van der Waals surface area (Å²) in [5, 5.41) is 0. The number of allylic oxidation sites excluding steroid dienone is 2. The van der Waals surface area contributed by atoms with Crippen LogP contribution in [0.3, 0.4) is 0 Å². The minimum absolute atomic E-state index is 0.277. The highest BCUT2D eigenvalue weighted by molar-refractivity contribution is 5.67. The van der Waals surface area contributed by atoms with Crippen LogP contribution in [0.5, 0.6) is 0 Å². The van der Waals surface area contributed by atoms with Crippen molar-refractivity contribution in [3.05, 3.63) is 100 Å². The number of halogens is 4. The Morgan fingerprint density at radius 3 is 1.97 bits per heavy atom. The smallest absolute Gasteiger partial charge is 0.166 e. The maximum Gasteiger partial charge on any atom is 0.166 e. The monoisotopic (exact) mass is 494 g/mol. The Kier molecular flexibility index (Phi) is 8.66. The summed E-state index contributed by atoms with van der Waals surface area (Å²) in [5.41, 5.74) is 4.10. The van der Waals surface area contributed by atoms with Crippen LogP contribution in [0.1, 0.15) is 74.6 Å². The zero-order valence-electron chi connectivity index (χ0n) is 21.1. The van der Waals surface area contributed by atoms with E-state index in [9.17, 15) is 17.6 Å². The zero-order chi connectivity index (χ0) is 25.7. The van der Waals surface area contributed by atoms with Gasteiger partial charge in [-0.3, -0.25) is 0 Å². The van der Waals surface area contributed by atoms with Crippen LogP contribution in [0, 0.1) is 29.2 Å². The van der Waals surface area contributed by atoms with E-state index in [1.165, 1.54) is 0 Å². The second kappa shape index (κ2) is 11.9. The Hall–Kier alpha value is -2.88. The molecule has 0 spiro atoms. The fraction of sp³-hybridized carbons (Fsp3) is 0.375. The first kappa shape index (κ1) is 26.2. The van der Waals surface area contributed by atoms with E-state index in [0.717, 1.165) is 49.7 Å². The van der Waals surface area contributed by atoms with Crippen molar-refractivity contribution in [3.63, 3.8) is 0 Å². The normalized spacial score (nSPS) is 15.7. The Morgan fingerprint density at radius 2 is 1.36 bits per heavy atom. The molecule has 0 fully saturated rings. The number of aryl methyl sites for hydroxylation is 3. The predicted molar refractivity (Wildman–Crippen MR) is 140 cm³/mol. The van der Waals surface area contributed by atoms with Crippen molar-refractivity contribution in [2.75, 3.05) is 0 Å². The van der Waals surface area contributed by atoms with E-state index < -0.39 is 23.3 Å². The number of hydrogen-bond donors (Lipinski definition) is 0. The molecule has 0 radical (unpaired) electrons. The highest BCUT2D eigenvalue weighted by Crippen LogP contribution is 2.35. The molecule has 0 aromatic heterocycles. The van der Waals surface area contributed by atoms with Crippen molar-refractivity contribution in [2.45, 2.75) is 71.6 Å². The van der Waals surface area contributed by atoms with Crippen molar-refractivity contribution in [1.29, 1.82) is 0 Å². The quantitative estimate of drug-likeness (QED) is 0.260. The van der Waals surface area contributed by atoms with Gasteiger partial charge in [-0.2, -0.15) is 0 Å². The molecule has 1 atom stereocenters. The summed E-state index contributed by atoms with van der Waals surface area (Å²) in [5.74, 6) is -2.77. The molecule has 0 bridgehead atoms. The van der Waals surface area contributed by atoms with Crippen LogP contribution in [0.25, 0.3) is 16.7 Å². The molecule has 1 aliphatic carbocycles. The van der Waals surface area contributed by atoms with Crippen LogP contribution >= 0.6 is 0 Å². The molecule has 4 rings (SSSR count). The van der Waals surface area contributed by atoms with Gasteiger partial charge in [0.15, 0.2) is 23.3 Å². The SMILES string of the molecule is CCCCc1ccc(C2=CCC(CCc3ccc(-c4ccc(CC)cc4)c(F)c3F)CC2)c(F)c1F. The molecule has 0 saturated carbocycles. The molecular formula is C32H34F4. The first-order valence-corrected chi connectivity index (χ1v) is 13.1. The van der Waals surface area contributed by atoms with Gasteiger partial charge in [-0.05, 0) is 85.1 Å². The van der Waals surface area contributed by atoms with Crippen LogP contribution in [-0.2, 0) is 19.3 Å². The Labute approximate surface area is 212 Å². The van der Waals surface area contributed by atoms with E-state index in [2.05, 4.69) is 6.92 Å². The van der Waals surface area contributed by atoms with Crippen molar-refractivity contribution in [2.24, 2.45) is 5.92 Å². The Morgan fingerprint density at radius 1 is 0.722 bits per heavy atom. The van der Waals surface area contributed by atoms with E-state index in [4.69, 9.17) is 0 Å². The summed E-state index contributed by atoms with van der Waals surface area (Å²) >= 11 is 0. The summed E-state index contributed by atoms with van der Waals surface area (Å²) in [7, 11) is 0. The average Bonchev–Trinajstić information content (AvgIpc) is 2.91. The van der Waals surface area contributed by atoms with Gasteiger partial charge in [-0.1, -0.05) is 74.9 Å². The fourth-order valence-corrected chi connectivity index (χ4v) is 5.08. The summed E-state index contributed by atoms with van der Waals surface area (Å²) in [6.45, 7) is 4.08. The summed E-state index contributed by atoms with van der Waals surface area (Å²) in [6.07, 6.45) is 8.54. The molecule has 3 aromatic rings. The van der Waals surface area contributed by atoms with E-state index in [0.29, 0.717) is 47.4 Å². The standard InChI is InChI=1S/C32H34F4/c1-3-5-6-25-17-19-27(31(35)29(25)33)24-14-9-22(10-15-24)11-16-26-18-20-28(32(36)30(26)34)23-12-7-21(4-2)8-13-23/h7-8,12-14,17-20,22H,3-6,9-11,15-16H2,1-2H3. The third kappa shape index (κ3) is 5.74. The molecule has 0 amide bonds. The summed E-state index contributed by atoms with van der Waals surface area (Å²) in [4.78, 5) is 0. The largest absolute Gasteiger partial charge is 0.203 e. The van der Waals surface area contributed by atoms with Gasteiger partial charge < -0.3 is 0 Å². The lowest BCUT2D eigenvalue weighted by Gasteiger charge is -2.23. The van der Waals surface area contributed by atoms with Crippen molar-refractivity contribution >= 4 is 5.57 Å². The van der Waals surface area contributed by atoms with Gasteiger partial charge in [0.25, 0.3) is 0 Å². The third-order valence-electron chi connectivity index (χ3n) is 7.48. The van der Waals surface area contributed by atoms with Crippen LogP contribution < -0.4 is 0 Å². The highest BCUT2D eigenvalue weighted by atomic mass is 19.2. The lowest BCUT2D eigenvalue weighted by Crippen LogP contribution is -2.09. The van der Waals surface area contributed by atoms with Crippen molar-refractivity contribution < 1.29 is 17.6 Å². The highest BCUT2D eigenvalue weighted by Gasteiger charge is 2.22. The van der Waals surface area contributed by atoms with Gasteiger partial charge in [0.05, 0.1) is 0 Å². The third-order valence-corrected chi connectivity index (χ3v) is 7.48. The maximum atomic E-state index is 14.9. The molecule has 4 heteroatoms. The van der Waals surface area contributed by atoms with E-state index in [1.54, 1.807) is 24.3 Å². The molecule has 0 nitrogen and oxygen atoms in total. The van der Waals surface area contributed by atoms with E-state index in [1.807, 2.05) is 37.3 Å². The molecule has 3 aromatic carbocycles. The number of rotatable bonds is 9. The number of hydrogen-bond acceptors (Lipinski definition) is 0. The minimum Gasteiger partial charge on any atom is -0.203 e. The van der Waals surface area contributed by atoms with Gasteiger partial charge in [0.1, 0.15) is 0 Å². The van der Waals surface area contributed by atoms with Crippen LogP contribution in [0.15, 0.2) is 54.6 Å². The number of benzene rings is 3. The number of unbranched alkanes of at least 4 members (excludes halogenated alkanes) is 1. The Balaban J connectivity index is 1.39. The molecule has 0 heterocycles. The summed E-state index contributed by atoms with van der Waals surface area (Å²) < 4.78 is 58.9. The van der Waals surface area contributed by atoms with Gasteiger partial charge in [0, 0.05) is 11.1 Å². The molecule has 190 valence electrons. The first-order valence-electron chi connectivity index (χ1n) is 13.1. The lowest BCUT2D eigenvalue weighted by molar-refractivity contribution is 0.438. The predicted octanol–water partition coefficient (Wildman–Crippen LogP) is 9.63. The molecule has 1 unspecified atom stereocenters. The average molecular weight is 495 g/mol.